The van der Waals surface area contributed by atoms with E-state index < -0.39 is 0 Å². The smallest absolute Gasteiger partial charge is 0.123 e. The van der Waals surface area contributed by atoms with Gasteiger partial charge in [0.1, 0.15) is 5.82 Å². The van der Waals surface area contributed by atoms with Crippen LogP contribution < -0.4 is 0 Å². The van der Waals surface area contributed by atoms with Crippen molar-refractivity contribution in [3.8, 4) is 11.1 Å². The second-order valence-electron chi connectivity index (χ2n) is 4.39. The molecule has 3 rings (SSSR count). The van der Waals surface area contributed by atoms with Crippen molar-refractivity contribution in [3.05, 3.63) is 66.1 Å². The Bertz CT molecular complexity index is 702. The lowest BCUT2D eigenvalue weighted by molar-refractivity contribution is 0.628. The molecular weight excluding hydrogens is 225 g/mol. The third kappa shape index (κ3) is 1.86. The quantitative estimate of drug-likeness (QED) is 0.613. The van der Waals surface area contributed by atoms with E-state index in [9.17, 15) is 4.39 Å². The van der Waals surface area contributed by atoms with E-state index >= 15 is 0 Å². The maximum atomic E-state index is 13.0. The number of fused-ring (bicyclic) bond motifs is 1. The van der Waals surface area contributed by atoms with Gasteiger partial charge in [0.25, 0.3) is 0 Å². The van der Waals surface area contributed by atoms with Gasteiger partial charge in [-0.05, 0) is 47.9 Å². The van der Waals surface area contributed by atoms with Gasteiger partial charge in [-0.3, -0.25) is 4.98 Å². The Hall–Kier alpha value is -2.22. The second-order valence-corrected chi connectivity index (χ2v) is 4.39. The molecule has 0 saturated carbocycles. The number of hydrogen-bond donors (Lipinski definition) is 0. The van der Waals surface area contributed by atoms with Gasteiger partial charge in [-0.15, -0.1) is 0 Å². The average Bonchev–Trinajstić information content (AvgIpc) is 2.38. The Morgan fingerprint density at radius 2 is 1.72 bits per heavy atom. The Balaban J connectivity index is 2.26. The molecule has 0 aliphatic heterocycles. The van der Waals surface area contributed by atoms with Crippen LogP contribution in [0.1, 0.15) is 5.56 Å². The molecule has 0 N–H and O–H groups in total. The molecule has 1 heterocycles. The molecule has 3 aromatic rings. The lowest BCUT2D eigenvalue weighted by Crippen LogP contribution is -1.85. The monoisotopic (exact) mass is 237 g/mol. The van der Waals surface area contributed by atoms with Gasteiger partial charge in [-0.1, -0.05) is 24.3 Å². The highest BCUT2D eigenvalue weighted by Crippen LogP contribution is 2.27. The van der Waals surface area contributed by atoms with Crippen molar-refractivity contribution in [2.45, 2.75) is 6.92 Å². The number of benzene rings is 2. The van der Waals surface area contributed by atoms with E-state index in [1.54, 1.807) is 18.3 Å². The van der Waals surface area contributed by atoms with Crippen molar-refractivity contribution in [2.75, 3.05) is 0 Å². The highest BCUT2D eigenvalue weighted by Gasteiger charge is 2.04. The fraction of sp³-hybridized carbons (Fsp3) is 0.0625. The summed E-state index contributed by atoms with van der Waals surface area (Å²) in [6, 6.07) is 14.7. The summed E-state index contributed by atoms with van der Waals surface area (Å²) in [7, 11) is 0. The van der Waals surface area contributed by atoms with E-state index in [2.05, 4.69) is 23.2 Å². The SMILES string of the molecule is Cc1ccc2c(-c3ccc(F)cc3)ccnc2c1. The zero-order chi connectivity index (χ0) is 12.5. The van der Waals surface area contributed by atoms with Gasteiger partial charge in [0.05, 0.1) is 5.52 Å². The Labute approximate surface area is 105 Å². The van der Waals surface area contributed by atoms with Crippen LogP contribution in [0.5, 0.6) is 0 Å². The molecule has 0 atom stereocenters. The van der Waals surface area contributed by atoms with E-state index in [4.69, 9.17) is 0 Å². The van der Waals surface area contributed by atoms with Crippen LogP contribution in [0.3, 0.4) is 0 Å². The lowest BCUT2D eigenvalue weighted by atomic mass is 10.0. The minimum Gasteiger partial charge on any atom is -0.256 e. The molecule has 0 aliphatic rings. The highest BCUT2D eigenvalue weighted by atomic mass is 19.1. The van der Waals surface area contributed by atoms with Gasteiger partial charge in [-0.2, -0.15) is 0 Å². The molecule has 2 heteroatoms. The van der Waals surface area contributed by atoms with E-state index in [1.165, 1.54) is 17.7 Å². The van der Waals surface area contributed by atoms with E-state index in [0.717, 1.165) is 22.0 Å². The Kier molecular flexibility index (Phi) is 2.56. The van der Waals surface area contributed by atoms with E-state index in [0.29, 0.717) is 0 Å². The molecule has 1 nitrogen and oxygen atoms in total. The fourth-order valence-electron chi connectivity index (χ4n) is 2.14. The summed E-state index contributed by atoms with van der Waals surface area (Å²) < 4.78 is 13.0. The summed E-state index contributed by atoms with van der Waals surface area (Å²) in [6.45, 7) is 2.05. The maximum Gasteiger partial charge on any atom is 0.123 e. The average molecular weight is 237 g/mol. The first-order valence-electron chi connectivity index (χ1n) is 5.85. The zero-order valence-electron chi connectivity index (χ0n) is 10.0. The number of pyridine rings is 1. The highest BCUT2D eigenvalue weighted by molar-refractivity contribution is 5.94. The summed E-state index contributed by atoms with van der Waals surface area (Å²) in [4.78, 5) is 4.37. The van der Waals surface area contributed by atoms with Crippen LogP contribution in [-0.2, 0) is 0 Å². The van der Waals surface area contributed by atoms with Gasteiger partial charge < -0.3 is 0 Å². The number of aromatic nitrogens is 1. The minimum atomic E-state index is -0.215. The second kappa shape index (κ2) is 4.22. The molecular formula is C16H12FN. The van der Waals surface area contributed by atoms with Crippen LogP contribution >= 0.6 is 0 Å². The molecule has 0 aliphatic carbocycles. The van der Waals surface area contributed by atoms with Crippen molar-refractivity contribution >= 4 is 10.9 Å². The fourth-order valence-corrected chi connectivity index (χ4v) is 2.14. The third-order valence-electron chi connectivity index (χ3n) is 3.05. The minimum absolute atomic E-state index is 0.215. The van der Waals surface area contributed by atoms with Crippen molar-refractivity contribution in [1.82, 2.24) is 4.98 Å². The molecule has 0 fully saturated rings. The topological polar surface area (TPSA) is 12.9 Å². The molecule has 0 radical (unpaired) electrons. The first-order chi connectivity index (χ1) is 8.74. The summed E-state index contributed by atoms with van der Waals surface area (Å²) in [5.41, 5.74) is 4.25. The molecule has 0 bridgehead atoms. The molecule has 0 saturated heterocycles. The van der Waals surface area contributed by atoms with Crippen LogP contribution in [0.4, 0.5) is 4.39 Å². The van der Waals surface area contributed by atoms with Gasteiger partial charge in [0.2, 0.25) is 0 Å². The van der Waals surface area contributed by atoms with Crippen molar-refractivity contribution < 1.29 is 4.39 Å². The predicted molar refractivity (Wildman–Crippen MR) is 71.9 cm³/mol. The Morgan fingerprint density at radius 3 is 2.50 bits per heavy atom. The van der Waals surface area contributed by atoms with Gasteiger partial charge in [-0.25, -0.2) is 4.39 Å². The summed E-state index contributed by atoms with van der Waals surface area (Å²) >= 11 is 0. The predicted octanol–water partition coefficient (Wildman–Crippen LogP) is 4.35. The zero-order valence-corrected chi connectivity index (χ0v) is 10.0. The van der Waals surface area contributed by atoms with Crippen LogP contribution in [0, 0.1) is 12.7 Å². The molecule has 0 amide bonds. The standard InChI is InChI=1S/C16H12FN/c1-11-2-7-15-14(8-9-18-16(15)10-11)12-3-5-13(17)6-4-12/h2-10H,1H3. The van der Waals surface area contributed by atoms with E-state index in [1.807, 2.05) is 13.0 Å². The number of hydrogen-bond acceptors (Lipinski definition) is 1. The van der Waals surface area contributed by atoms with Crippen LogP contribution in [0.15, 0.2) is 54.7 Å². The van der Waals surface area contributed by atoms with Crippen molar-refractivity contribution in [2.24, 2.45) is 0 Å². The summed E-state index contributed by atoms with van der Waals surface area (Å²) in [6.07, 6.45) is 1.79. The molecule has 1 aromatic heterocycles. The van der Waals surface area contributed by atoms with Crippen molar-refractivity contribution in [3.63, 3.8) is 0 Å². The van der Waals surface area contributed by atoms with Crippen LogP contribution in [0.25, 0.3) is 22.0 Å². The number of aryl methyl sites for hydroxylation is 1. The van der Waals surface area contributed by atoms with Gasteiger partial charge in [0, 0.05) is 11.6 Å². The first kappa shape index (κ1) is 10.9. The third-order valence-corrected chi connectivity index (χ3v) is 3.05. The molecule has 0 spiro atoms. The Morgan fingerprint density at radius 1 is 0.944 bits per heavy atom. The number of halogens is 1. The van der Waals surface area contributed by atoms with Gasteiger partial charge >= 0.3 is 0 Å². The first-order valence-corrected chi connectivity index (χ1v) is 5.85. The van der Waals surface area contributed by atoms with Gasteiger partial charge in [0.15, 0.2) is 0 Å². The van der Waals surface area contributed by atoms with Crippen molar-refractivity contribution in [1.29, 1.82) is 0 Å². The summed E-state index contributed by atoms with van der Waals surface area (Å²) in [5, 5.41) is 1.09. The van der Waals surface area contributed by atoms with Crippen LogP contribution in [-0.4, -0.2) is 4.98 Å². The largest absolute Gasteiger partial charge is 0.256 e. The maximum absolute atomic E-state index is 13.0. The molecule has 18 heavy (non-hydrogen) atoms. The van der Waals surface area contributed by atoms with E-state index in [-0.39, 0.29) is 5.82 Å². The molecule has 0 unspecified atom stereocenters. The molecule has 2 aromatic carbocycles. The molecule has 88 valence electrons. The normalized spacial score (nSPS) is 10.8. The number of rotatable bonds is 1. The lowest BCUT2D eigenvalue weighted by Gasteiger charge is -2.06. The summed E-state index contributed by atoms with van der Waals surface area (Å²) in [5.74, 6) is -0.215. The number of nitrogens with zero attached hydrogens (tertiary/aromatic N) is 1. The van der Waals surface area contributed by atoms with Crippen LogP contribution in [0.2, 0.25) is 0 Å².